The van der Waals surface area contributed by atoms with Gasteiger partial charge in [0.1, 0.15) is 11.3 Å². The molecular weight excluding hydrogens is 282 g/mol. The first-order valence-corrected chi connectivity index (χ1v) is 7.43. The molecule has 0 aliphatic heterocycles. The number of aromatic nitrogens is 2. The molecule has 7 heteroatoms. The molecular formula is C12H13N3O2S2. The summed E-state index contributed by atoms with van der Waals surface area (Å²) < 4.78 is 5.88. The highest BCUT2D eigenvalue weighted by Gasteiger charge is 2.05. The Balaban J connectivity index is 1.73. The molecule has 2 aromatic rings. The van der Waals surface area contributed by atoms with Gasteiger partial charge in [0.05, 0.1) is 12.9 Å². The lowest BCUT2D eigenvalue weighted by molar-refractivity contribution is -0.118. The SMILES string of the molecule is COc1ccc(CNC(=O)CSc2nncs2)cc1. The number of amides is 1. The van der Waals surface area contributed by atoms with Crippen molar-refractivity contribution in [2.24, 2.45) is 0 Å². The molecule has 0 bridgehead atoms. The van der Waals surface area contributed by atoms with Gasteiger partial charge in [-0.2, -0.15) is 0 Å². The standard InChI is InChI=1S/C12H13N3O2S2/c1-17-10-4-2-9(3-5-10)6-13-11(16)7-18-12-15-14-8-19-12/h2-5,8H,6-7H2,1H3,(H,13,16). The molecule has 0 atom stereocenters. The predicted molar refractivity (Wildman–Crippen MR) is 75.5 cm³/mol. The maximum Gasteiger partial charge on any atom is 0.230 e. The molecule has 2 rings (SSSR count). The van der Waals surface area contributed by atoms with Crippen LogP contribution in [0.4, 0.5) is 0 Å². The molecule has 0 fully saturated rings. The van der Waals surface area contributed by atoms with Gasteiger partial charge in [0.15, 0.2) is 4.34 Å². The van der Waals surface area contributed by atoms with E-state index in [0.717, 1.165) is 15.7 Å². The average molecular weight is 295 g/mol. The second kappa shape index (κ2) is 7.10. The highest BCUT2D eigenvalue weighted by atomic mass is 32.2. The van der Waals surface area contributed by atoms with Gasteiger partial charge in [-0.05, 0) is 17.7 Å². The van der Waals surface area contributed by atoms with Crippen LogP contribution in [0, 0.1) is 0 Å². The molecule has 1 amide bonds. The number of rotatable bonds is 6. The Bertz CT molecular complexity index is 514. The third kappa shape index (κ3) is 4.53. The third-order valence-electron chi connectivity index (χ3n) is 2.32. The van der Waals surface area contributed by atoms with E-state index in [1.165, 1.54) is 23.1 Å². The minimum Gasteiger partial charge on any atom is -0.497 e. The van der Waals surface area contributed by atoms with Gasteiger partial charge < -0.3 is 10.1 Å². The van der Waals surface area contributed by atoms with Crippen molar-refractivity contribution >= 4 is 29.0 Å². The van der Waals surface area contributed by atoms with Crippen LogP contribution in [0.15, 0.2) is 34.1 Å². The molecule has 0 spiro atoms. The zero-order valence-corrected chi connectivity index (χ0v) is 12.0. The van der Waals surface area contributed by atoms with Crippen LogP contribution >= 0.6 is 23.1 Å². The molecule has 1 aromatic carbocycles. The van der Waals surface area contributed by atoms with Crippen molar-refractivity contribution in [3.05, 3.63) is 35.3 Å². The molecule has 0 radical (unpaired) electrons. The fourth-order valence-corrected chi connectivity index (χ4v) is 2.67. The van der Waals surface area contributed by atoms with Crippen molar-refractivity contribution in [2.45, 2.75) is 10.9 Å². The number of thioether (sulfide) groups is 1. The normalized spacial score (nSPS) is 10.2. The number of carbonyl (C=O) groups excluding carboxylic acids is 1. The Hall–Kier alpha value is -1.60. The van der Waals surface area contributed by atoms with E-state index in [2.05, 4.69) is 15.5 Å². The molecule has 0 saturated carbocycles. The minimum atomic E-state index is -0.0176. The van der Waals surface area contributed by atoms with Crippen LogP contribution in [-0.4, -0.2) is 29.0 Å². The van der Waals surface area contributed by atoms with Gasteiger partial charge in [-0.25, -0.2) is 0 Å². The lowest BCUT2D eigenvalue weighted by Gasteiger charge is -2.05. The molecule has 0 saturated heterocycles. The third-order valence-corrected chi connectivity index (χ3v) is 4.18. The molecule has 0 aliphatic carbocycles. The summed E-state index contributed by atoms with van der Waals surface area (Å²) in [5.41, 5.74) is 2.69. The van der Waals surface area contributed by atoms with Crippen LogP contribution in [0.1, 0.15) is 5.56 Å². The Morgan fingerprint density at radius 2 is 2.21 bits per heavy atom. The first-order valence-electron chi connectivity index (χ1n) is 5.56. The maximum absolute atomic E-state index is 11.6. The van der Waals surface area contributed by atoms with E-state index in [4.69, 9.17) is 4.74 Å². The fourth-order valence-electron chi connectivity index (χ4n) is 1.35. The van der Waals surface area contributed by atoms with E-state index in [-0.39, 0.29) is 5.91 Å². The highest BCUT2D eigenvalue weighted by molar-refractivity contribution is 8.01. The quantitative estimate of drug-likeness (QED) is 0.825. The molecule has 0 aliphatic rings. The van der Waals surface area contributed by atoms with Gasteiger partial charge in [0, 0.05) is 6.54 Å². The first kappa shape index (κ1) is 13.8. The molecule has 100 valence electrons. The van der Waals surface area contributed by atoms with E-state index < -0.39 is 0 Å². The van der Waals surface area contributed by atoms with E-state index in [1.807, 2.05) is 24.3 Å². The predicted octanol–water partition coefficient (Wildman–Crippen LogP) is 1.96. The topological polar surface area (TPSA) is 64.1 Å². The second-order valence-corrected chi connectivity index (χ2v) is 5.67. The van der Waals surface area contributed by atoms with Crippen molar-refractivity contribution in [1.29, 1.82) is 0 Å². The van der Waals surface area contributed by atoms with E-state index >= 15 is 0 Å². The number of carbonyl (C=O) groups is 1. The zero-order chi connectivity index (χ0) is 13.5. The first-order chi connectivity index (χ1) is 9.28. The average Bonchev–Trinajstić information content (AvgIpc) is 2.96. The summed E-state index contributed by atoms with van der Waals surface area (Å²) in [4.78, 5) is 11.6. The van der Waals surface area contributed by atoms with Gasteiger partial charge >= 0.3 is 0 Å². The van der Waals surface area contributed by atoms with E-state index in [0.29, 0.717) is 12.3 Å². The number of nitrogens with zero attached hydrogens (tertiary/aromatic N) is 2. The van der Waals surface area contributed by atoms with Gasteiger partial charge in [-0.15, -0.1) is 10.2 Å². The largest absolute Gasteiger partial charge is 0.497 e. The zero-order valence-electron chi connectivity index (χ0n) is 10.3. The molecule has 0 unspecified atom stereocenters. The maximum atomic E-state index is 11.6. The number of hydrogen-bond donors (Lipinski definition) is 1. The molecule has 1 heterocycles. The Morgan fingerprint density at radius 3 is 2.84 bits per heavy atom. The molecule has 1 N–H and O–H groups in total. The second-order valence-electron chi connectivity index (χ2n) is 3.62. The van der Waals surface area contributed by atoms with Crippen LogP contribution < -0.4 is 10.1 Å². The van der Waals surface area contributed by atoms with Crippen LogP contribution in [0.5, 0.6) is 5.75 Å². The summed E-state index contributed by atoms with van der Waals surface area (Å²) in [6, 6.07) is 7.60. The van der Waals surface area contributed by atoms with Crippen molar-refractivity contribution in [3.63, 3.8) is 0 Å². The number of methoxy groups -OCH3 is 1. The molecule has 5 nitrogen and oxygen atoms in total. The summed E-state index contributed by atoms with van der Waals surface area (Å²) in [7, 11) is 1.63. The molecule has 1 aromatic heterocycles. The number of ether oxygens (including phenoxy) is 1. The lowest BCUT2D eigenvalue weighted by Crippen LogP contribution is -2.24. The summed E-state index contributed by atoms with van der Waals surface area (Å²) in [6.07, 6.45) is 0. The van der Waals surface area contributed by atoms with Crippen LogP contribution in [0.25, 0.3) is 0 Å². The van der Waals surface area contributed by atoms with E-state index in [9.17, 15) is 4.79 Å². The van der Waals surface area contributed by atoms with Crippen molar-refractivity contribution in [3.8, 4) is 5.75 Å². The van der Waals surface area contributed by atoms with Crippen molar-refractivity contribution in [1.82, 2.24) is 15.5 Å². The van der Waals surface area contributed by atoms with Gasteiger partial charge in [0.25, 0.3) is 0 Å². The van der Waals surface area contributed by atoms with Gasteiger partial charge in [0.2, 0.25) is 5.91 Å². The fraction of sp³-hybridized carbons (Fsp3) is 0.250. The summed E-state index contributed by atoms with van der Waals surface area (Å²) in [5.74, 6) is 1.14. The van der Waals surface area contributed by atoms with Crippen LogP contribution in [-0.2, 0) is 11.3 Å². The number of benzene rings is 1. The Morgan fingerprint density at radius 1 is 1.42 bits per heavy atom. The smallest absolute Gasteiger partial charge is 0.230 e. The summed E-state index contributed by atoms with van der Waals surface area (Å²) in [5, 5.41) is 10.4. The Labute approximate surface area is 119 Å². The van der Waals surface area contributed by atoms with Gasteiger partial charge in [-0.1, -0.05) is 35.2 Å². The highest BCUT2D eigenvalue weighted by Crippen LogP contribution is 2.18. The Kier molecular flexibility index (Phi) is 5.17. The van der Waals surface area contributed by atoms with Crippen LogP contribution in [0.2, 0.25) is 0 Å². The number of hydrogen-bond acceptors (Lipinski definition) is 6. The van der Waals surface area contributed by atoms with E-state index in [1.54, 1.807) is 12.6 Å². The minimum absolute atomic E-state index is 0.0176. The summed E-state index contributed by atoms with van der Waals surface area (Å²) in [6.45, 7) is 0.513. The van der Waals surface area contributed by atoms with Crippen LogP contribution in [0.3, 0.4) is 0 Å². The monoisotopic (exact) mass is 295 g/mol. The summed E-state index contributed by atoms with van der Waals surface area (Å²) >= 11 is 2.82. The lowest BCUT2D eigenvalue weighted by atomic mass is 10.2. The molecule has 19 heavy (non-hydrogen) atoms. The van der Waals surface area contributed by atoms with Gasteiger partial charge in [-0.3, -0.25) is 4.79 Å². The number of nitrogens with one attached hydrogen (secondary N) is 1. The van der Waals surface area contributed by atoms with Crippen molar-refractivity contribution in [2.75, 3.05) is 12.9 Å². The van der Waals surface area contributed by atoms with Crippen molar-refractivity contribution < 1.29 is 9.53 Å².